The number of thiophene rings is 1. The Morgan fingerprint density at radius 2 is 1.90 bits per heavy atom. The summed E-state index contributed by atoms with van der Waals surface area (Å²) in [7, 11) is 0. The van der Waals surface area contributed by atoms with Crippen LogP contribution in [0.25, 0.3) is 0 Å². The predicted molar refractivity (Wildman–Crippen MR) is 91.4 cm³/mol. The van der Waals surface area contributed by atoms with Gasteiger partial charge in [-0.1, -0.05) is 39.0 Å². The van der Waals surface area contributed by atoms with Gasteiger partial charge in [0.2, 0.25) is 0 Å². The molecule has 1 aromatic carbocycles. The summed E-state index contributed by atoms with van der Waals surface area (Å²) in [5.41, 5.74) is 2.74. The standard InChI is InChI=1S/C18H25NOS/c1-14-9-12-21-17(14)13-19-10-11-20-16-8-6-5-7-15(16)18(2,3)4/h5-9,12,19H,10-11,13H2,1-4H3. The van der Waals surface area contributed by atoms with Crippen molar-refractivity contribution < 1.29 is 4.74 Å². The Labute approximate surface area is 132 Å². The largest absolute Gasteiger partial charge is 0.492 e. The number of benzene rings is 1. The quantitative estimate of drug-likeness (QED) is 0.792. The van der Waals surface area contributed by atoms with Crippen LogP contribution in [-0.4, -0.2) is 13.2 Å². The van der Waals surface area contributed by atoms with Gasteiger partial charge in [0.1, 0.15) is 12.4 Å². The van der Waals surface area contributed by atoms with Crippen LogP contribution in [0.3, 0.4) is 0 Å². The Hall–Kier alpha value is -1.32. The molecule has 114 valence electrons. The number of para-hydroxylation sites is 1. The molecule has 0 saturated heterocycles. The molecule has 0 fully saturated rings. The van der Waals surface area contributed by atoms with Gasteiger partial charge in [0.05, 0.1) is 0 Å². The fraction of sp³-hybridized carbons (Fsp3) is 0.444. The third kappa shape index (κ3) is 4.58. The molecule has 0 bridgehead atoms. The number of hydrogen-bond donors (Lipinski definition) is 1. The van der Waals surface area contributed by atoms with E-state index >= 15 is 0 Å². The fourth-order valence-electron chi connectivity index (χ4n) is 2.23. The minimum atomic E-state index is 0.109. The van der Waals surface area contributed by atoms with Gasteiger partial charge in [0, 0.05) is 18.0 Å². The van der Waals surface area contributed by atoms with Crippen molar-refractivity contribution in [3.63, 3.8) is 0 Å². The first-order valence-corrected chi connectivity index (χ1v) is 8.32. The molecule has 0 spiro atoms. The van der Waals surface area contributed by atoms with Gasteiger partial charge in [0.15, 0.2) is 0 Å². The Bertz CT molecular complexity index is 569. The summed E-state index contributed by atoms with van der Waals surface area (Å²) < 4.78 is 5.95. The van der Waals surface area contributed by atoms with Crippen molar-refractivity contribution in [1.29, 1.82) is 0 Å². The molecule has 1 heterocycles. The predicted octanol–water partition coefficient (Wildman–Crippen LogP) is 4.52. The molecule has 0 aliphatic carbocycles. The van der Waals surface area contributed by atoms with Gasteiger partial charge in [-0.2, -0.15) is 0 Å². The molecule has 2 aromatic rings. The van der Waals surface area contributed by atoms with Crippen molar-refractivity contribution in [2.24, 2.45) is 0 Å². The molecular weight excluding hydrogens is 278 g/mol. The normalized spacial score (nSPS) is 11.6. The molecule has 0 unspecified atom stereocenters. The van der Waals surface area contributed by atoms with Crippen molar-refractivity contribution in [2.75, 3.05) is 13.2 Å². The van der Waals surface area contributed by atoms with E-state index in [4.69, 9.17) is 4.74 Å². The molecule has 3 heteroatoms. The number of nitrogens with one attached hydrogen (secondary N) is 1. The Morgan fingerprint density at radius 1 is 1.14 bits per heavy atom. The average Bonchev–Trinajstić information content (AvgIpc) is 2.83. The van der Waals surface area contributed by atoms with Crippen molar-refractivity contribution in [3.8, 4) is 5.75 Å². The smallest absolute Gasteiger partial charge is 0.123 e. The van der Waals surface area contributed by atoms with Crippen LogP contribution >= 0.6 is 11.3 Å². The monoisotopic (exact) mass is 303 g/mol. The van der Waals surface area contributed by atoms with Crippen LogP contribution in [0.5, 0.6) is 5.75 Å². The summed E-state index contributed by atoms with van der Waals surface area (Å²) in [4.78, 5) is 1.41. The van der Waals surface area contributed by atoms with Gasteiger partial charge in [-0.25, -0.2) is 0 Å². The van der Waals surface area contributed by atoms with E-state index in [1.54, 1.807) is 11.3 Å². The Kier molecular flexibility index (Phi) is 5.43. The van der Waals surface area contributed by atoms with Crippen LogP contribution in [0.2, 0.25) is 0 Å². The lowest BCUT2D eigenvalue weighted by atomic mass is 9.86. The molecule has 2 rings (SSSR count). The zero-order chi connectivity index (χ0) is 15.3. The van der Waals surface area contributed by atoms with Crippen LogP contribution in [-0.2, 0) is 12.0 Å². The number of hydrogen-bond acceptors (Lipinski definition) is 3. The van der Waals surface area contributed by atoms with Crippen LogP contribution in [0, 0.1) is 6.92 Å². The molecule has 2 nitrogen and oxygen atoms in total. The van der Waals surface area contributed by atoms with E-state index in [0.717, 1.165) is 18.8 Å². The van der Waals surface area contributed by atoms with Crippen molar-refractivity contribution >= 4 is 11.3 Å². The molecule has 0 saturated carbocycles. The summed E-state index contributed by atoms with van der Waals surface area (Å²) in [6.07, 6.45) is 0. The summed E-state index contributed by atoms with van der Waals surface area (Å²) in [6.45, 7) is 11.3. The topological polar surface area (TPSA) is 21.3 Å². The Balaban J connectivity index is 1.80. The van der Waals surface area contributed by atoms with E-state index in [1.165, 1.54) is 16.0 Å². The SMILES string of the molecule is Cc1ccsc1CNCCOc1ccccc1C(C)(C)C. The maximum Gasteiger partial charge on any atom is 0.123 e. The van der Waals surface area contributed by atoms with Gasteiger partial charge in [-0.05, 0) is 41.0 Å². The molecule has 0 radical (unpaired) electrons. The minimum Gasteiger partial charge on any atom is -0.492 e. The highest BCUT2D eigenvalue weighted by atomic mass is 32.1. The van der Waals surface area contributed by atoms with Crippen molar-refractivity contribution in [3.05, 3.63) is 51.7 Å². The van der Waals surface area contributed by atoms with Crippen LogP contribution in [0.4, 0.5) is 0 Å². The lowest BCUT2D eigenvalue weighted by molar-refractivity contribution is 0.305. The second-order valence-corrected chi connectivity index (χ2v) is 7.30. The number of ether oxygens (including phenoxy) is 1. The third-order valence-corrected chi connectivity index (χ3v) is 4.51. The van der Waals surface area contributed by atoms with E-state index < -0.39 is 0 Å². The molecule has 0 amide bonds. The molecule has 0 atom stereocenters. The maximum absolute atomic E-state index is 5.95. The lowest BCUT2D eigenvalue weighted by Gasteiger charge is -2.22. The molecular formula is C18H25NOS. The summed E-state index contributed by atoms with van der Waals surface area (Å²) in [5.74, 6) is 0.999. The van der Waals surface area contributed by atoms with E-state index in [2.05, 4.69) is 62.7 Å². The summed E-state index contributed by atoms with van der Waals surface area (Å²) in [6, 6.07) is 10.5. The summed E-state index contributed by atoms with van der Waals surface area (Å²) >= 11 is 1.81. The first kappa shape index (κ1) is 16.1. The number of aryl methyl sites for hydroxylation is 1. The van der Waals surface area contributed by atoms with Gasteiger partial charge < -0.3 is 10.1 Å². The van der Waals surface area contributed by atoms with E-state index in [1.807, 2.05) is 6.07 Å². The minimum absolute atomic E-state index is 0.109. The first-order chi connectivity index (χ1) is 9.98. The molecule has 0 aliphatic rings. The second kappa shape index (κ2) is 7.10. The van der Waals surface area contributed by atoms with Gasteiger partial charge in [-0.3, -0.25) is 0 Å². The van der Waals surface area contributed by atoms with E-state index in [-0.39, 0.29) is 5.41 Å². The molecule has 1 N–H and O–H groups in total. The Morgan fingerprint density at radius 3 is 2.57 bits per heavy atom. The van der Waals surface area contributed by atoms with Gasteiger partial charge in [-0.15, -0.1) is 11.3 Å². The molecule has 21 heavy (non-hydrogen) atoms. The maximum atomic E-state index is 5.95. The highest BCUT2D eigenvalue weighted by Gasteiger charge is 2.18. The lowest BCUT2D eigenvalue weighted by Crippen LogP contribution is -2.21. The highest BCUT2D eigenvalue weighted by molar-refractivity contribution is 7.10. The highest BCUT2D eigenvalue weighted by Crippen LogP contribution is 2.30. The zero-order valence-electron chi connectivity index (χ0n) is 13.4. The fourth-order valence-corrected chi connectivity index (χ4v) is 3.11. The van der Waals surface area contributed by atoms with E-state index in [9.17, 15) is 0 Å². The average molecular weight is 303 g/mol. The number of rotatable bonds is 6. The van der Waals surface area contributed by atoms with E-state index in [0.29, 0.717) is 6.61 Å². The molecule has 1 aromatic heterocycles. The first-order valence-electron chi connectivity index (χ1n) is 7.44. The van der Waals surface area contributed by atoms with Crippen LogP contribution in [0.1, 0.15) is 36.8 Å². The van der Waals surface area contributed by atoms with Gasteiger partial charge >= 0.3 is 0 Å². The second-order valence-electron chi connectivity index (χ2n) is 6.30. The van der Waals surface area contributed by atoms with Gasteiger partial charge in [0.25, 0.3) is 0 Å². The van der Waals surface area contributed by atoms with Crippen molar-refractivity contribution in [2.45, 2.75) is 39.7 Å². The summed E-state index contributed by atoms with van der Waals surface area (Å²) in [5, 5.41) is 5.58. The zero-order valence-corrected chi connectivity index (χ0v) is 14.2. The third-order valence-electron chi connectivity index (χ3n) is 3.49. The molecule has 0 aliphatic heterocycles. The van der Waals surface area contributed by atoms with Crippen LogP contribution in [0.15, 0.2) is 35.7 Å². The van der Waals surface area contributed by atoms with Crippen LogP contribution < -0.4 is 10.1 Å². The van der Waals surface area contributed by atoms with Crippen molar-refractivity contribution in [1.82, 2.24) is 5.32 Å².